The molecule has 0 bridgehead atoms. The Labute approximate surface area is 414 Å². The Morgan fingerprint density at radius 2 is 0.985 bits per heavy atom. The number of carboxylic acid groups (broad SMARTS) is 1. The van der Waals surface area contributed by atoms with Crippen molar-refractivity contribution < 1.29 is 34.8 Å². The van der Waals surface area contributed by atoms with E-state index in [0.29, 0.717) is 51.9 Å². The molecule has 0 aliphatic carbocycles. The van der Waals surface area contributed by atoms with E-state index in [1.807, 2.05) is 0 Å². The molecule has 0 aromatic rings. The second kappa shape index (κ2) is 47.2. The van der Waals surface area contributed by atoms with E-state index < -0.39 is 48.8 Å². The molecule has 3 unspecified atom stereocenters. The fourth-order valence-electron chi connectivity index (χ4n) is 8.63. The van der Waals surface area contributed by atoms with Gasteiger partial charge in [0.25, 0.3) is 0 Å². The first kappa shape index (κ1) is 64.5. The van der Waals surface area contributed by atoms with Gasteiger partial charge in [0.1, 0.15) is 12.1 Å². The summed E-state index contributed by atoms with van der Waals surface area (Å²) in [7, 11) is 0. The molecule has 0 radical (unpaired) electrons. The maximum Gasteiger partial charge on any atom is 0.305 e. The maximum absolute atomic E-state index is 13.7. The second-order valence-electron chi connectivity index (χ2n) is 19.5. The molecule has 15 nitrogen and oxygen atoms in total. The number of aliphatic imine (C=N–C) groups is 1. The number of hydrogen-bond acceptors (Lipinski definition) is 7. The maximum atomic E-state index is 13.7. The van der Waals surface area contributed by atoms with Crippen molar-refractivity contribution in [2.75, 3.05) is 45.8 Å². The van der Waals surface area contributed by atoms with Gasteiger partial charge in [0.2, 0.25) is 23.6 Å². The number of carbonyl (C=O) groups is 5. The summed E-state index contributed by atoms with van der Waals surface area (Å²) in [5, 5.41) is 20.4. The van der Waals surface area contributed by atoms with E-state index in [1.54, 1.807) is 6.92 Å². The van der Waals surface area contributed by atoms with E-state index in [2.05, 4.69) is 50.7 Å². The van der Waals surface area contributed by atoms with Crippen molar-refractivity contribution in [2.45, 2.75) is 251 Å². The van der Waals surface area contributed by atoms with E-state index >= 15 is 0 Å². The lowest BCUT2D eigenvalue weighted by molar-refractivity contribution is -0.368. The average molecular weight is 965 g/mol. The Morgan fingerprint density at radius 1 is 0.529 bits per heavy atom. The SMILES string of the molecule is CCCCCCCCCCCCCCCCN(CCCCCCCCCCCCCCCC)CCNC(=O)C(CCCC[NH3+])NC(=O)C(CC(=O)O)NC(=O)CNC(=O)C(C)CCCN=C(N)N. The number of carboxylic acids is 1. The highest BCUT2D eigenvalue weighted by molar-refractivity contribution is 5.95. The van der Waals surface area contributed by atoms with Crippen molar-refractivity contribution in [2.24, 2.45) is 22.4 Å². The predicted molar refractivity (Wildman–Crippen MR) is 280 cm³/mol. The molecule has 0 aliphatic rings. The first-order chi connectivity index (χ1) is 32.9. The average Bonchev–Trinajstić information content (AvgIpc) is 3.31. The highest BCUT2D eigenvalue weighted by Crippen LogP contribution is 2.15. The van der Waals surface area contributed by atoms with Gasteiger partial charge in [0, 0.05) is 25.6 Å². The zero-order valence-corrected chi connectivity index (χ0v) is 44.0. The lowest BCUT2D eigenvalue weighted by Gasteiger charge is -2.25. The molecule has 0 aliphatic heterocycles. The van der Waals surface area contributed by atoms with Crippen molar-refractivity contribution in [3.8, 4) is 0 Å². The topological polar surface area (TPSA) is 249 Å². The van der Waals surface area contributed by atoms with Crippen LogP contribution in [-0.4, -0.2) is 103 Å². The number of carbonyl (C=O) groups excluding carboxylic acids is 4. The summed E-state index contributed by atoms with van der Waals surface area (Å²) >= 11 is 0. The number of nitrogens with zero attached hydrogens (tertiary/aromatic N) is 2. The van der Waals surface area contributed by atoms with Gasteiger partial charge in [-0.05, 0) is 58.0 Å². The van der Waals surface area contributed by atoms with Crippen molar-refractivity contribution in [1.29, 1.82) is 0 Å². The molecule has 68 heavy (non-hydrogen) atoms. The monoisotopic (exact) mass is 965 g/mol. The molecule has 0 aromatic carbocycles. The highest BCUT2D eigenvalue weighted by Gasteiger charge is 2.29. The fourth-order valence-corrected chi connectivity index (χ4v) is 8.63. The van der Waals surface area contributed by atoms with Gasteiger partial charge in [0.05, 0.1) is 19.5 Å². The number of rotatable bonds is 50. The standard InChI is InChI=1S/C53H105N9O6/c1-4-6-8-10-12-14-16-18-20-22-24-26-28-32-40-62(41-33-29-27-25-23-21-19-17-15-13-11-9-7-5-2)42-39-57-51(67)46(36-30-31-37-54)61-52(68)47(43-49(64)65)60-48(63)44-59-50(66)45(3)35-34-38-58-53(55)56/h45-47H,4-44,54H2,1-3H3,(H,57,67)(H,59,66)(H,60,63)(H,61,68)(H,64,65)(H4,55,56,58)/p+1. The van der Waals surface area contributed by atoms with E-state index in [1.165, 1.54) is 167 Å². The van der Waals surface area contributed by atoms with Crippen LogP contribution in [0.25, 0.3) is 0 Å². The van der Waals surface area contributed by atoms with Crippen LogP contribution in [0.1, 0.15) is 239 Å². The third-order valence-electron chi connectivity index (χ3n) is 13.0. The number of quaternary nitrogens is 1. The molecule has 0 fully saturated rings. The van der Waals surface area contributed by atoms with Crippen molar-refractivity contribution in [1.82, 2.24) is 26.2 Å². The van der Waals surface area contributed by atoms with Crippen LogP contribution in [0.3, 0.4) is 0 Å². The molecule has 15 heteroatoms. The van der Waals surface area contributed by atoms with Crippen LogP contribution in [-0.2, 0) is 24.0 Å². The minimum absolute atomic E-state index is 0.0261. The first-order valence-electron chi connectivity index (χ1n) is 27.9. The smallest absolute Gasteiger partial charge is 0.305 e. The van der Waals surface area contributed by atoms with Crippen LogP contribution in [0.2, 0.25) is 0 Å². The van der Waals surface area contributed by atoms with Gasteiger partial charge >= 0.3 is 5.97 Å². The normalized spacial score (nSPS) is 12.6. The van der Waals surface area contributed by atoms with Gasteiger partial charge in [-0.2, -0.15) is 0 Å². The summed E-state index contributed by atoms with van der Waals surface area (Å²) in [4.78, 5) is 70.7. The van der Waals surface area contributed by atoms with Crippen LogP contribution in [0.5, 0.6) is 0 Å². The minimum Gasteiger partial charge on any atom is -0.481 e. The fraction of sp³-hybridized carbons (Fsp3) is 0.887. The van der Waals surface area contributed by atoms with Crippen LogP contribution < -0.4 is 38.5 Å². The van der Waals surface area contributed by atoms with Gasteiger partial charge in [0.15, 0.2) is 5.96 Å². The number of aliphatic carboxylic acids is 1. The van der Waals surface area contributed by atoms with E-state index in [4.69, 9.17) is 11.5 Å². The quantitative estimate of drug-likeness (QED) is 0.0167. The highest BCUT2D eigenvalue weighted by atomic mass is 16.4. The van der Waals surface area contributed by atoms with Gasteiger partial charge in [-0.15, -0.1) is 0 Å². The van der Waals surface area contributed by atoms with E-state index in [-0.39, 0.29) is 17.8 Å². The van der Waals surface area contributed by atoms with Crippen molar-refractivity contribution in [3.05, 3.63) is 0 Å². The lowest BCUT2D eigenvalue weighted by Crippen LogP contribution is -2.55. The number of nitrogens with one attached hydrogen (secondary N) is 4. The molecule has 4 amide bonds. The molecule has 0 rings (SSSR count). The molecule has 12 N–H and O–H groups in total. The van der Waals surface area contributed by atoms with Crippen LogP contribution in [0.15, 0.2) is 4.99 Å². The molecule has 0 saturated carbocycles. The summed E-state index contributed by atoms with van der Waals surface area (Å²) in [5.74, 6) is -3.94. The lowest BCUT2D eigenvalue weighted by atomic mass is 10.0. The molecular formula is C53H106N9O6+. The number of amides is 4. The Kier molecular flexibility index (Phi) is 44.8. The summed E-state index contributed by atoms with van der Waals surface area (Å²) < 4.78 is 0. The van der Waals surface area contributed by atoms with Gasteiger partial charge in [-0.1, -0.05) is 188 Å². The summed E-state index contributed by atoms with van der Waals surface area (Å²) in [6, 6.07) is -2.35. The predicted octanol–water partition coefficient (Wildman–Crippen LogP) is 8.03. The molecular weight excluding hydrogens is 859 g/mol. The Bertz CT molecular complexity index is 1250. The molecule has 0 aromatic heterocycles. The first-order valence-corrected chi connectivity index (χ1v) is 27.9. The van der Waals surface area contributed by atoms with Crippen LogP contribution in [0.4, 0.5) is 0 Å². The third-order valence-corrected chi connectivity index (χ3v) is 13.0. The molecule has 3 atom stereocenters. The van der Waals surface area contributed by atoms with Crippen LogP contribution >= 0.6 is 0 Å². The third kappa shape index (κ3) is 41.5. The van der Waals surface area contributed by atoms with Crippen molar-refractivity contribution in [3.63, 3.8) is 0 Å². The van der Waals surface area contributed by atoms with Gasteiger partial charge < -0.3 is 48.5 Å². The number of hydrogen-bond donors (Lipinski definition) is 8. The zero-order valence-electron chi connectivity index (χ0n) is 44.0. The molecule has 0 spiro atoms. The van der Waals surface area contributed by atoms with Gasteiger partial charge in [-0.3, -0.25) is 29.0 Å². The summed E-state index contributed by atoms with van der Waals surface area (Å²) in [5.41, 5.74) is 14.6. The Hall–Kier alpha value is -3.46. The Balaban J connectivity index is 5.18. The number of nitrogens with two attached hydrogens (primary N) is 2. The van der Waals surface area contributed by atoms with Crippen LogP contribution in [0, 0.1) is 5.92 Å². The van der Waals surface area contributed by atoms with Crippen molar-refractivity contribution >= 4 is 35.6 Å². The largest absolute Gasteiger partial charge is 0.481 e. The zero-order chi connectivity index (χ0) is 50.3. The molecule has 398 valence electrons. The van der Waals surface area contributed by atoms with Gasteiger partial charge in [-0.25, -0.2) is 0 Å². The Morgan fingerprint density at radius 3 is 1.41 bits per heavy atom. The molecule has 0 saturated heterocycles. The van der Waals surface area contributed by atoms with E-state index in [0.717, 1.165) is 32.4 Å². The second-order valence-corrected chi connectivity index (χ2v) is 19.5. The molecule has 0 heterocycles. The summed E-state index contributed by atoms with van der Waals surface area (Å²) in [6.45, 7) is 9.98. The van der Waals surface area contributed by atoms with E-state index in [9.17, 15) is 29.1 Å². The number of unbranched alkanes of at least 4 members (excludes halogenated alkanes) is 27. The number of guanidine groups is 1. The minimum atomic E-state index is -1.44. The summed E-state index contributed by atoms with van der Waals surface area (Å²) in [6.07, 6.45) is 39.2.